The van der Waals surface area contributed by atoms with Gasteiger partial charge in [-0.1, -0.05) is 68.2 Å². The van der Waals surface area contributed by atoms with Crippen LogP contribution in [0.25, 0.3) is 0 Å². The maximum atomic E-state index is 14.0. The van der Waals surface area contributed by atoms with Crippen molar-refractivity contribution < 1.29 is 14.7 Å². The number of carbonyl (C=O) groups excluding carboxylic acids is 1. The minimum atomic E-state index is -0.882. The van der Waals surface area contributed by atoms with Crippen molar-refractivity contribution in [2.24, 2.45) is 5.41 Å². The van der Waals surface area contributed by atoms with E-state index in [1.165, 1.54) is 0 Å². The van der Waals surface area contributed by atoms with Crippen LogP contribution in [0.1, 0.15) is 76.0 Å². The molecule has 6 heteroatoms. The molecule has 32 heavy (non-hydrogen) atoms. The summed E-state index contributed by atoms with van der Waals surface area (Å²) in [5.41, 5.74) is 1.32. The van der Waals surface area contributed by atoms with E-state index in [9.17, 15) is 14.7 Å². The largest absolute Gasteiger partial charge is 0.481 e. The zero-order chi connectivity index (χ0) is 23.5. The van der Waals surface area contributed by atoms with Crippen LogP contribution in [0.5, 0.6) is 0 Å². The maximum absolute atomic E-state index is 14.0. The first-order chi connectivity index (χ1) is 15.2. The highest BCUT2D eigenvalue weighted by molar-refractivity contribution is 6.30. The highest BCUT2D eigenvalue weighted by atomic mass is 35.5. The summed E-state index contributed by atoms with van der Waals surface area (Å²) in [4.78, 5) is 27.4. The van der Waals surface area contributed by atoms with Crippen LogP contribution in [0.2, 0.25) is 10.0 Å². The van der Waals surface area contributed by atoms with Crippen molar-refractivity contribution in [3.63, 3.8) is 0 Å². The Hall–Kier alpha value is -2.04. The van der Waals surface area contributed by atoms with E-state index in [2.05, 4.69) is 19.9 Å². The van der Waals surface area contributed by atoms with E-state index in [1.807, 2.05) is 54.3 Å². The third kappa shape index (κ3) is 5.13. The van der Waals surface area contributed by atoms with Crippen LogP contribution in [0.3, 0.4) is 0 Å². The summed E-state index contributed by atoms with van der Waals surface area (Å²) in [5, 5.41) is 10.6. The summed E-state index contributed by atoms with van der Waals surface area (Å²) < 4.78 is 0. The zero-order valence-corrected chi connectivity index (χ0v) is 20.4. The SMILES string of the molecule is CCC(CC)N1C(=O)[C@@](C)(CCC(=O)O)C[C@H](c2cccc(Cl)c2)C1c1ccc(Cl)cc1. The molecule has 1 aliphatic rings. The van der Waals surface area contributed by atoms with Crippen LogP contribution >= 0.6 is 23.2 Å². The van der Waals surface area contributed by atoms with Crippen LogP contribution in [-0.2, 0) is 9.59 Å². The second-order valence-electron chi connectivity index (χ2n) is 9.00. The van der Waals surface area contributed by atoms with Gasteiger partial charge < -0.3 is 10.0 Å². The van der Waals surface area contributed by atoms with E-state index in [-0.39, 0.29) is 30.3 Å². The average Bonchev–Trinajstić information content (AvgIpc) is 2.77. The molecule has 3 rings (SSSR count). The molecule has 1 aliphatic heterocycles. The number of carboxylic acid groups (broad SMARTS) is 1. The van der Waals surface area contributed by atoms with Gasteiger partial charge in [0.1, 0.15) is 0 Å². The lowest BCUT2D eigenvalue weighted by Gasteiger charge is -2.52. The van der Waals surface area contributed by atoms with Crippen molar-refractivity contribution in [1.82, 2.24) is 4.90 Å². The molecule has 0 aromatic heterocycles. The fourth-order valence-electron chi connectivity index (χ4n) is 5.07. The number of halogens is 2. The van der Waals surface area contributed by atoms with Gasteiger partial charge in [0, 0.05) is 33.8 Å². The first-order valence-corrected chi connectivity index (χ1v) is 12.0. The lowest BCUT2D eigenvalue weighted by Crippen LogP contribution is -2.55. The van der Waals surface area contributed by atoms with E-state index < -0.39 is 11.4 Å². The molecule has 1 fully saturated rings. The van der Waals surface area contributed by atoms with E-state index in [1.54, 1.807) is 0 Å². The Labute approximate surface area is 200 Å². The Bertz CT molecular complexity index is 958. The number of nitrogens with zero attached hydrogens (tertiary/aromatic N) is 1. The molecular formula is C26H31Cl2NO3. The Morgan fingerprint density at radius 3 is 2.31 bits per heavy atom. The third-order valence-corrected chi connectivity index (χ3v) is 7.30. The Morgan fingerprint density at radius 1 is 1.09 bits per heavy atom. The smallest absolute Gasteiger partial charge is 0.303 e. The van der Waals surface area contributed by atoms with Gasteiger partial charge in [0.15, 0.2) is 0 Å². The van der Waals surface area contributed by atoms with E-state index >= 15 is 0 Å². The van der Waals surface area contributed by atoms with Crippen molar-refractivity contribution in [3.05, 3.63) is 69.7 Å². The number of hydrogen-bond acceptors (Lipinski definition) is 2. The molecule has 1 heterocycles. The summed E-state index contributed by atoms with van der Waals surface area (Å²) >= 11 is 12.5. The standard InChI is InChI=1S/C26H31Cl2NO3/c1-4-21(5-2)29-24(17-9-11-19(27)12-10-17)22(18-7-6-8-20(28)15-18)16-26(3,25(29)32)14-13-23(30)31/h6-12,15,21-22,24H,4-5,13-14,16H2,1-3H3,(H,30,31)/t22-,24?,26+/m1/s1. The van der Waals surface area contributed by atoms with Gasteiger partial charge >= 0.3 is 5.97 Å². The summed E-state index contributed by atoms with van der Waals surface area (Å²) in [6, 6.07) is 15.4. The number of carbonyl (C=O) groups is 2. The predicted octanol–water partition coefficient (Wildman–Crippen LogP) is 7.11. The second-order valence-corrected chi connectivity index (χ2v) is 9.87. The summed E-state index contributed by atoms with van der Waals surface area (Å²) in [7, 11) is 0. The van der Waals surface area contributed by atoms with Crippen LogP contribution in [-0.4, -0.2) is 27.9 Å². The molecule has 4 nitrogen and oxygen atoms in total. The predicted molar refractivity (Wildman–Crippen MR) is 129 cm³/mol. The molecule has 0 spiro atoms. The second kappa shape index (κ2) is 10.3. The minimum Gasteiger partial charge on any atom is -0.481 e. The molecular weight excluding hydrogens is 445 g/mol. The van der Waals surface area contributed by atoms with Gasteiger partial charge in [-0.05, 0) is 61.1 Å². The molecule has 1 saturated heterocycles. The van der Waals surface area contributed by atoms with Crippen molar-refractivity contribution in [2.45, 2.75) is 70.9 Å². The molecule has 172 valence electrons. The number of amides is 1. The first kappa shape index (κ1) is 24.6. The summed E-state index contributed by atoms with van der Waals surface area (Å²) in [6.45, 7) is 6.11. The van der Waals surface area contributed by atoms with E-state index in [0.29, 0.717) is 22.9 Å². The Balaban J connectivity index is 2.19. The summed E-state index contributed by atoms with van der Waals surface area (Å²) in [5.74, 6) is -0.870. The van der Waals surface area contributed by atoms with Crippen molar-refractivity contribution in [2.75, 3.05) is 0 Å². The molecule has 2 aromatic rings. The fraction of sp³-hybridized carbons (Fsp3) is 0.462. The number of carboxylic acids is 1. The molecule has 0 aliphatic carbocycles. The van der Waals surface area contributed by atoms with Gasteiger partial charge in [-0.2, -0.15) is 0 Å². The number of benzene rings is 2. The quantitative estimate of drug-likeness (QED) is 0.442. The van der Waals surface area contributed by atoms with E-state index in [0.717, 1.165) is 24.0 Å². The van der Waals surface area contributed by atoms with Crippen LogP contribution in [0, 0.1) is 5.41 Å². The first-order valence-electron chi connectivity index (χ1n) is 11.3. The highest BCUT2D eigenvalue weighted by Crippen LogP contribution is 2.52. The normalized spacial score (nSPS) is 23.6. The van der Waals surface area contributed by atoms with Crippen molar-refractivity contribution >= 4 is 35.1 Å². The van der Waals surface area contributed by atoms with Crippen LogP contribution < -0.4 is 0 Å². The van der Waals surface area contributed by atoms with Crippen LogP contribution in [0.15, 0.2) is 48.5 Å². The number of aliphatic carboxylic acids is 1. The number of likely N-dealkylation sites (tertiary alicyclic amines) is 1. The summed E-state index contributed by atoms with van der Waals surface area (Å²) in [6.07, 6.45) is 2.48. The maximum Gasteiger partial charge on any atom is 0.303 e. The topological polar surface area (TPSA) is 57.6 Å². The van der Waals surface area contributed by atoms with Gasteiger partial charge in [0.05, 0.1) is 6.04 Å². The molecule has 0 bridgehead atoms. The fourth-order valence-corrected chi connectivity index (χ4v) is 5.40. The van der Waals surface area contributed by atoms with Crippen molar-refractivity contribution in [3.8, 4) is 0 Å². The number of piperidine rings is 1. The molecule has 0 radical (unpaired) electrons. The van der Waals surface area contributed by atoms with Gasteiger partial charge in [-0.3, -0.25) is 9.59 Å². The Kier molecular flexibility index (Phi) is 7.89. The monoisotopic (exact) mass is 475 g/mol. The molecule has 1 N–H and O–H groups in total. The Morgan fingerprint density at radius 2 is 1.75 bits per heavy atom. The van der Waals surface area contributed by atoms with Gasteiger partial charge in [0.25, 0.3) is 0 Å². The number of rotatable bonds is 8. The molecule has 1 amide bonds. The van der Waals surface area contributed by atoms with Crippen molar-refractivity contribution in [1.29, 1.82) is 0 Å². The van der Waals surface area contributed by atoms with Gasteiger partial charge in [-0.25, -0.2) is 0 Å². The lowest BCUT2D eigenvalue weighted by molar-refractivity contribution is -0.156. The van der Waals surface area contributed by atoms with Gasteiger partial charge in [-0.15, -0.1) is 0 Å². The lowest BCUT2D eigenvalue weighted by atomic mass is 9.66. The zero-order valence-electron chi connectivity index (χ0n) is 18.9. The highest BCUT2D eigenvalue weighted by Gasteiger charge is 2.51. The molecule has 3 atom stereocenters. The minimum absolute atomic E-state index is 0.0213. The number of hydrogen-bond donors (Lipinski definition) is 1. The average molecular weight is 476 g/mol. The molecule has 0 saturated carbocycles. The van der Waals surface area contributed by atoms with Gasteiger partial charge in [0.2, 0.25) is 5.91 Å². The van der Waals surface area contributed by atoms with E-state index in [4.69, 9.17) is 23.2 Å². The molecule has 2 aromatic carbocycles. The van der Waals surface area contributed by atoms with Crippen LogP contribution in [0.4, 0.5) is 0 Å². The third-order valence-electron chi connectivity index (χ3n) is 6.82. The molecule has 1 unspecified atom stereocenters.